The van der Waals surface area contributed by atoms with Gasteiger partial charge in [0.25, 0.3) is 0 Å². The molecule has 0 spiro atoms. The van der Waals surface area contributed by atoms with Crippen molar-refractivity contribution >= 4 is 0 Å². The molecule has 1 unspecified atom stereocenters. The predicted molar refractivity (Wildman–Crippen MR) is 111 cm³/mol. The molecule has 2 nitrogen and oxygen atoms in total. The largest absolute Gasteiger partial charge is 0.252 e. The van der Waals surface area contributed by atoms with Crippen molar-refractivity contribution in [3.8, 4) is 0 Å². The molecule has 0 aromatic heterocycles. The summed E-state index contributed by atoms with van der Waals surface area (Å²) in [4.78, 5) is 5.11. The fourth-order valence-electron chi connectivity index (χ4n) is 5.71. The van der Waals surface area contributed by atoms with Crippen molar-refractivity contribution in [2.24, 2.45) is 23.7 Å². The lowest BCUT2D eigenvalue weighted by Crippen LogP contribution is -2.36. The van der Waals surface area contributed by atoms with Crippen molar-refractivity contribution in [3.05, 3.63) is 0 Å². The van der Waals surface area contributed by atoms with Crippen molar-refractivity contribution in [3.63, 3.8) is 0 Å². The van der Waals surface area contributed by atoms with Gasteiger partial charge >= 0.3 is 0 Å². The van der Waals surface area contributed by atoms with Crippen LogP contribution in [0, 0.1) is 23.7 Å². The Morgan fingerprint density at radius 3 is 1.50 bits per heavy atom. The Labute approximate surface area is 163 Å². The van der Waals surface area contributed by atoms with Gasteiger partial charge in [0.1, 0.15) is 0 Å². The number of hydrogen-bond donors (Lipinski definition) is 1. The van der Waals surface area contributed by atoms with E-state index in [0.717, 1.165) is 11.8 Å². The first-order chi connectivity index (χ1) is 12.8. The van der Waals surface area contributed by atoms with Crippen LogP contribution in [0.3, 0.4) is 0 Å². The van der Waals surface area contributed by atoms with E-state index in [-0.39, 0.29) is 6.10 Å². The van der Waals surface area contributed by atoms with E-state index in [1.807, 2.05) is 0 Å². The molecule has 154 valence electrons. The highest BCUT2D eigenvalue weighted by atomic mass is 17.1. The Morgan fingerprint density at radius 1 is 0.654 bits per heavy atom. The molecule has 1 N–H and O–H groups in total. The fraction of sp³-hybridized carbons (Fsp3) is 1.00. The summed E-state index contributed by atoms with van der Waals surface area (Å²) in [5.41, 5.74) is 0. The summed E-state index contributed by atoms with van der Waals surface area (Å²) >= 11 is 0. The van der Waals surface area contributed by atoms with E-state index < -0.39 is 0 Å². The Balaban J connectivity index is 1.66. The number of rotatable bonds is 12. The molecule has 0 bridgehead atoms. The minimum atomic E-state index is 0.118. The highest BCUT2D eigenvalue weighted by molar-refractivity contribution is 4.85. The van der Waals surface area contributed by atoms with E-state index in [9.17, 15) is 5.26 Å². The van der Waals surface area contributed by atoms with E-state index in [1.54, 1.807) is 0 Å². The molecule has 2 rings (SSSR count). The summed E-state index contributed by atoms with van der Waals surface area (Å²) in [6.45, 7) is 4.58. The van der Waals surface area contributed by atoms with Crippen LogP contribution in [0.15, 0.2) is 0 Å². The molecule has 1 atom stereocenters. The van der Waals surface area contributed by atoms with Crippen LogP contribution < -0.4 is 0 Å². The summed E-state index contributed by atoms with van der Waals surface area (Å²) in [6, 6.07) is 0. The molecule has 0 aromatic rings. The molecule has 2 aliphatic rings. The van der Waals surface area contributed by atoms with Crippen molar-refractivity contribution in [2.75, 3.05) is 0 Å². The molecule has 0 saturated heterocycles. The second-order valence-corrected chi connectivity index (χ2v) is 9.48. The molecule has 26 heavy (non-hydrogen) atoms. The summed E-state index contributed by atoms with van der Waals surface area (Å²) in [5.74, 6) is 3.09. The smallest absolute Gasteiger partial charge is 0.0983 e. The van der Waals surface area contributed by atoms with Gasteiger partial charge in [0.05, 0.1) is 6.10 Å². The quantitative estimate of drug-likeness (QED) is 0.215. The number of unbranched alkanes of at least 4 members (excludes halogenated alkanes) is 5. The summed E-state index contributed by atoms with van der Waals surface area (Å²) in [7, 11) is 0. The summed E-state index contributed by atoms with van der Waals surface area (Å²) in [5, 5.41) is 9.64. The first kappa shape index (κ1) is 22.2. The van der Waals surface area contributed by atoms with Crippen molar-refractivity contribution in [1.29, 1.82) is 0 Å². The van der Waals surface area contributed by atoms with Crippen LogP contribution in [-0.4, -0.2) is 11.4 Å². The molecular formula is C24H46O2. The van der Waals surface area contributed by atoms with Gasteiger partial charge in [-0.25, -0.2) is 4.89 Å². The Morgan fingerprint density at radius 2 is 1.08 bits per heavy atom. The van der Waals surface area contributed by atoms with Crippen LogP contribution in [0.1, 0.15) is 123 Å². The van der Waals surface area contributed by atoms with Gasteiger partial charge in [0.2, 0.25) is 0 Å². The zero-order valence-electron chi connectivity index (χ0n) is 17.8. The Hall–Kier alpha value is -0.0800. The molecule has 0 heterocycles. The summed E-state index contributed by atoms with van der Waals surface area (Å²) < 4.78 is 0. The minimum Gasteiger partial charge on any atom is -0.252 e. The van der Waals surface area contributed by atoms with Gasteiger partial charge in [-0.15, -0.1) is 0 Å². The van der Waals surface area contributed by atoms with E-state index in [4.69, 9.17) is 4.89 Å². The molecule has 2 heteroatoms. The van der Waals surface area contributed by atoms with Crippen LogP contribution in [0.5, 0.6) is 0 Å². The zero-order chi connectivity index (χ0) is 18.6. The monoisotopic (exact) mass is 366 g/mol. The average molecular weight is 367 g/mol. The Kier molecular flexibility index (Phi) is 11.2. The Bertz CT molecular complexity index is 327. The predicted octanol–water partition coefficient (Wildman–Crippen LogP) is 8.01. The van der Waals surface area contributed by atoms with E-state index in [1.165, 1.54) is 109 Å². The highest BCUT2D eigenvalue weighted by Crippen LogP contribution is 2.41. The fourth-order valence-corrected chi connectivity index (χ4v) is 5.71. The van der Waals surface area contributed by atoms with Crippen LogP contribution in [-0.2, 0) is 4.89 Å². The molecule has 0 aromatic carbocycles. The van der Waals surface area contributed by atoms with Gasteiger partial charge in [-0.2, -0.15) is 0 Å². The molecular weight excluding hydrogens is 320 g/mol. The van der Waals surface area contributed by atoms with Gasteiger partial charge in [-0.1, -0.05) is 97.3 Å². The van der Waals surface area contributed by atoms with Crippen LogP contribution in [0.25, 0.3) is 0 Å². The van der Waals surface area contributed by atoms with Crippen molar-refractivity contribution < 1.29 is 10.1 Å². The second kappa shape index (κ2) is 13.2. The van der Waals surface area contributed by atoms with E-state index in [2.05, 4.69) is 13.8 Å². The molecule has 2 aliphatic carbocycles. The third-order valence-electron chi connectivity index (χ3n) is 7.52. The van der Waals surface area contributed by atoms with Crippen molar-refractivity contribution in [2.45, 2.75) is 129 Å². The lowest BCUT2D eigenvalue weighted by atomic mass is 9.70. The van der Waals surface area contributed by atoms with Crippen molar-refractivity contribution in [1.82, 2.24) is 0 Å². The molecule has 0 radical (unpaired) electrons. The zero-order valence-corrected chi connectivity index (χ0v) is 17.8. The first-order valence-corrected chi connectivity index (χ1v) is 12.1. The summed E-state index contributed by atoms with van der Waals surface area (Å²) in [6.07, 6.45) is 23.2. The van der Waals surface area contributed by atoms with Gasteiger partial charge in [0, 0.05) is 0 Å². The van der Waals surface area contributed by atoms with Crippen LogP contribution >= 0.6 is 0 Å². The minimum absolute atomic E-state index is 0.118. The molecule has 0 aliphatic heterocycles. The van der Waals surface area contributed by atoms with E-state index >= 15 is 0 Å². The topological polar surface area (TPSA) is 29.5 Å². The maximum absolute atomic E-state index is 9.64. The first-order valence-electron chi connectivity index (χ1n) is 12.1. The molecule has 2 fully saturated rings. The third kappa shape index (κ3) is 7.50. The molecule has 2 saturated carbocycles. The second-order valence-electron chi connectivity index (χ2n) is 9.48. The van der Waals surface area contributed by atoms with Gasteiger partial charge in [-0.3, -0.25) is 5.26 Å². The van der Waals surface area contributed by atoms with Gasteiger partial charge in [-0.05, 0) is 49.4 Å². The maximum atomic E-state index is 9.64. The van der Waals surface area contributed by atoms with Crippen LogP contribution in [0.4, 0.5) is 0 Å². The lowest BCUT2D eigenvalue weighted by Gasteiger charge is -2.39. The standard InChI is InChI=1S/C24H46O2/c1-3-5-7-9-11-21-14-18-23(19-15-21)24(26-25)22-16-12-20(13-17-22)10-8-6-4-2/h20-25H,3-19H2,1-2H3. The lowest BCUT2D eigenvalue weighted by molar-refractivity contribution is -0.307. The number of hydrogen-bond acceptors (Lipinski definition) is 2. The highest BCUT2D eigenvalue weighted by Gasteiger charge is 2.35. The average Bonchev–Trinajstić information content (AvgIpc) is 2.68. The SMILES string of the molecule is CCCCCCC1CCC(C(OO)C2CCC(CCCCC)CC2)CC1. The van der Waals surface area contributed by atoms with E-state index in [0.29, 0.717) is 11.8 Å². The third-order valence-corrected chi connectivity index (χ3v) is 7.52. The van der Waals surface area contributed by atoms with Crippen LogP contribution in [0.2, 0.25) is 0 Å². The maximum Gasteiger partial charge on any atom is 0.0983 e. The normalized spacial score (nSPS) is 31.0. The van der Waals surface area contributed by atoms with Gasteiger partial charge in [0.15, 0.2) is 0 Å². The molecule has 0 amide bonds. The van der Waals surface area contributed by atoms with Gasteiger partial charge < -0.3 is 0 Å².